The third kappa shape index (κ3) is 7.77. The van der Waals surface area contributed by atoms with Gasteiger partial charge in [-0.2, -0.15) is 17.0 Å². The lowest BCUT2D eigenvalue weighted by atomic mass is 9.34. The number of amides is 3. The zero-order valence-corrected chi connectivity index (χ0v) is 38.3. The van der Waals surface area contributed by atoms with Crippen molar-refractivity contribution in [3.8, 4) is 6.07 Å². The number of nitrogens with zero attached hydrogens (tertiary/aromatic N) is 1. The van der Waals surface area contributed by atoms with Crippen molar-refractivity contribution in [1.82, 2.24) is 16.0 Å². The molecule has 3 N–H and O–H groups in total. The van der Waals surface area contributed by atoms with E-state index in [9.17, 15) is 34.0 Å². The lowest BCUT2D eigenvalue weighted by Gasteiger charge is -2.68. The van der Waals surface area contributed by atoms with Crippen molar-refractivity contribution in [2.45, 2.75) is 155 Å². The third-order valence-corrected chi connectivity index (χ3v) is 18.8. The summed E-state index contributed by atoms with van der Waals surface area (Å²) in [6, 6.07) is 2.47. The molecule has 0 aromatic rings. The van der Waals surface area contributed by atoms with Gasteiger partial charge in [-0.1, -0.05) is 59.1 Å². The number of urea groups is 1. The highest BCUT2D eigenvalue weighted by Gasteiger charge is 2.71. The van der Waals surface area contributed by atoms with Gasteiger partial charge < -0.3 is 25.4 Å². The number of rotatable bonds is 14. The van der Waals surface area contributed by atoms with Crippen LogP contribution in [0.3, 0.4) is 0 Å². The monoisotopic (exact) mass is 860 g/mol. The molecule has 2 aliphatic heterocycles. The highest BCUT2D eigenvalue weighted by atomic mass is 32.2. The van der Waals surface area contributed by atoms with Crippen LogP contribution >= 0.6 is 11.8 Å². The van der Waals surface area contributed by atoms with Crippen LogP contribution in [0.25, 0.3) is 0 Å². The topological polar surface area (TPSA) is 181 Å². The number of Topliss-reactive ketones (excluding diaryl/α,β-unsaturated/α-hetero) is 1. The molecule has 3 amide bonds. The minimum Gasteiger partial charge on any atom is -0.469 e. The Balaban J connectivity index is 0.942. The smallest absolute Gasteiger partial charge is 0.315 e. The third-order valence-electron chi connectivity index (χ3n) is 17.3. The van der Waals surface area contributed by atoms with E-state index in [4.69, 9.17) is 9.47 Å². The van der Waals surface area contributed by atoms with Gasteiger partial charge in [0.05, 0.1) is 35.6 Å². The average Bonchev–Trinajstić information content (AvgIpc) is 3.77. The molecule has 0 bridgehead atoms. The zero-order valence-electron chi connectivity index (χ0n) is 37.5. The average molecular weight is 861 g/mol. The van der Waals surface area contributed by atoms with Crippen molar-refractivity contribution in [2.24, 2.45) is 50.2 Å². The number of unbranched alkanes of at least 4 members (excludes halogenated alkanes) is 3. The molecule has 7 rings (SSSR count). The molecule has 2 heterocycles. The van der Waals surface area contributed by atoms with Gasteiger partial charge in [-0.25, -0.2) is 4.79 Å². The molecule has 334 valence electrons. The number of ether oxygens (including phenoxy) is 2. The van der Waals surface area contributed by atoms with Gasteiger partial charge in [0.1, 0.15) is 12.7 Å². The number of nitrogens with one attached hydrogen (secondary N) is 3. The normalized spacial score (nSPS) is 39.3. The van der Waals surface area contributed by atoms with Gasteiger partial charge in [-0.15, -0.1) is 0 Å². The Kier molecular flexibility index (Phi) is 12.5. The summed E-state index contributed by atoms with van der Waals surface area (Å²) < 4.78 is 11.4. The highest BCUT2D eigenvalue weighted by Crippen LogP contribution is 2.74. The summed E-state index contributed by atoms with van der Waals surface area (Å²) >= 11 is 1.88. The molecule has 12 nitrogen and oxygen atoms in total. The Bertz CT molecular complexity index is 1940. The standard InChI is InChI=1S/C48H68N4O8S/c1-43(2)18-20-48(41(57)59-7)21-19-47(6)38(30(48)25-43)32(53)23-35-44(3)24-29(26-49)40(56)45(4,34(44)16-17-46(35,47)5)28-60-37(55)15-9-8-12-22-50-36(54)14-11-10-13-33-39-31(27-61-33)51-42(58)52-39/h23-24,30-31,33-34,38-39H,8-22,25,27-28H2,1-7H3,(H,50,54)(H2,51,52,58)/t30?,31-,33-,34+,38?,39-,44?,45-,46+,47+,48-/m0/s1. The van der Waals surface area contributed by atoms with Gasteiger partial charge in [-0.3, -0.25) is 24.0 Å². The molecular formula is C48H68N4O8S. The van der Waals surface area contributed by atoms with Gasteiger partial charge >= 0.3 is 18.0 Å². The van der Waals surface area contributed by atoms with Gasteiger partial charge in [0.2, 0.25) is 5.91 Å². The summed E-state index contributed by atoms with van der Waals surface area (Å²) in [5, 5.41) is 19.7. The molecule has 13 heteroatoms. The van der Waals surface area contributed by atoms with Gasteiger partial charge in [-0.05, 0) is 112 Å². The van der Waals surface area contributed by atoms with E-state index in [-0.39, 0.29) is 83.3 Å². The van der Waals surface area contributed by atoms with Crippen molar-refractivity contribution in [3.05, 3.63) is 23.3 Å². The first-order valence-electron chi connectivity index (χ1n) is 22.9. The first kappa shape index (κ1) is 45.4. The lowest BCUT2D eigenvalue weighted by molar-refractivity contribution is -0.191. The Labute approximate surface area is 366 Å². The lowest BCUT2D eigenvalue weighted by Crippen LogP contribution is -2.66. The van der Waals surface area contributed by atoms with Crippen molar-refractivity contribution < 1.29 is 38.2 Å². The second kappa shape index (κ2) is 16.8. The Morgan fingerprint density at radius 1 is 0.934 bits per heavy atom. The summed E-state index contributed by atoms with van der Waals surface area (Å²) in [5.74, 6) is -0.763. The second-order valence-electron chi connectivity index (χ2n) is 21.3. The fourth-order valence-electron chi connectivity index (χ4n) is 13.7. The number of methoxy groups -OCH3 is 1. The molecule has 7 aliphatic rings. The molecule has 11 atom stereocenters. The van der Waals surface area contributed by atoms with E-state index in [0.29, 0.717) is 50.3 Å². The van der Waals surface area contributed by atoms with E-state index in [1.807, 2.05) is 24.8 Å². The number of hydrogen-bond donors (Lipinski definition) is 3. The fraction of sp³-hybridized carbons (Fsp3) is 0.771. The summed E-state index contributed by atoms with van der Waals surface area (Å²) in [4.78, 5) is 79.8. The molecule has 61 heavy (non-hydrogen) atoms. The first-order chi connectivity index (χ1) is 28.8. The number of thioether (sulfide) groups is 1. The maximum absolute atomic E-state index is 14.8. The number of ketones is 2. The molecule has 3 saturated carbocycles. The van der Waals surface area contributed by atoms with Gasteiger partial charge in [0, 0.05) is 41.7 Å². The van der Waals surface area contributed by atoms with Crippen LogP contribution in [0.2, 0.25) is 0 Å². The molecule has 2 saturated heterocycles. The number of carbonyl (C=O) groups excluding carboxylic acids is 6. The zero-order chi connectivity index (χ0) is 44.2. The molecule has 0 aromatic heterocycles. The van der Waals surface area contributed by atoms with E-state index in [2.05, 4.69) is 56.6 Å². The summed E-state index contributed by atoms with van der Waals surface area (Å²) in [5.41, 5.74) is -2.60. The highest BCUT2D eigenvalue weighted by molar-refractivity contribution is 8.00. The second-order valence-corrected chi connectivity index (χ2v) is 22.6. The number of nitriles is 1. The van der Waals surface area contributed by atoms with Crippen LogP contribution in [-0.4, -0.2) is 78.8 Å². The number of allylic oxidation sites excluding steroid dienone is 4. The van der Waals surface area contributed by atoms with E-state index < -0.39 is 33.0 Å². The Morgan fingerprint density at radius 3 is 2.41 bits per heavy atom. The van der Waals surface area contributed by atoms with E-state index >= 15 is 0 Å². The van der Waals surface area contributed by atoms with Crippen molar-refractivity contribution in [1.29, 1.82) is 5.26 Å². The predicted molar refractivity (Wildman–Crippen MR) is 232 cm³/mol. The van der Waals surface area contributed by atoms with E-state index in [0.717, 1.165) is 62.7 Å². The maximum atomic E-state index is 14.8. The molecule has 0 spiro atoms. The van der Waals surface area contributed by atoms with Crippen LogP contribution in [0.4, 0.5) is 4.79 Å². The number of carbonyl (C=O) groups is 6. The Hall–Kier alpha value is -3.66. The van der Waals surface area contributed by atoms with Crippen LogP contribution in [0, 0.1) is 61.6 Å². The molecule has 0 aromatic carbocycles. The minimum atomic E-state index is -1.17. The van der Waals surface area contributed by atoms with Crippen LogP contribution in [-0.2, 0) is 33.4 Å². The molecule has 0 radical (unpaired) electrons. The van der Waals surface area contributed by atoms with Crippen LogP contribution in [0.1, 0.15) is 138 Å². The van der Waals surface area contributed by atoms with Crippen molar-refractivity contribution in [3.63, 3.8) is 0 Å². The fourth-order valence-corrected chi connectivity index (χ4v) is 15.2. The van der Waals surface area contributed by atoms with Gasteiger partial charge in [0.15, 0.2) is 11.6 Å². The number of hydrogen-bond acceptors (Lipinski definition) is 10. The molecule has 3 unspecified atom stereocenters. The summed E-state index contributed by atoms with van der Waals surface area (Å²) in [6.45, 7) is 13.2. The summed E-state index contributed by atoms with van der Waals surface area (Å²) in [7, 11) is 1.46. The number of esters is 2. The largest absolute Gasteiger partial charge is 0.469 e. The SMILES string of the molecule is COC(=O)[C@]12CCC(C)(C)CC1C1C(=O)C=C3C4(C)C=C(C#N)C(=O)[C@@](C)(COC(=O)CCCCCNC(=O)CCCC[C@@H]5SC[C@@H]6NC(=O)N[C@@H]65)[C@@H]4CC[C@@]3(C)[C@]1(C)CC2. The predicted octanol–water partition coefficient (Wildman–Crippen LogP) is 7.30. The molecule has 5 aliphatic carbocycles. The quantitative estimate of drug-likeness (QED) is 0.0911. The molecular weight excluding hydrogens is 793 g/mol. The number of fused-ring (bicyclic) bond motifs is 8. The van der Waals surface area contributed by atoms with Crippen molar-refractivity contribution in [2.75, 3.05) is 26.0 Å². The summed E-state index contributed by atoms with van der Waals surface area (Å²) in [6.07, 6.45) is 14.1. The van der Waals surface area contributed by atoms with Gasteiger partial charge in [0.25, 0.3) is 0 Å². The van der Waals surface area contributed by atoms with E-state index in [1.54, 1.807) is 6.08 Å². The van der Waals surface area contributed by atoms with Crippen LogP contribution in [0.15, 0.2) is 23.3 Å². The van der Waals surface area contributed by atoms with Crippen LogP contribution in [0.5, 0.6) is 0 Å². The Morgan fingerprint density at radius 2 is 1.67 bits per heavy atom. The molecule has 5 fully saturated rings. The maximum Gasteiger partial charge on any atom is 0.315 e. The van der Waals surface area contributed by atoms with Crippen LogP contribution < -0.4 is 16.0 Å². The van der Waals surface area contributed by atoms with E-state index in [1.165, 1.54) is 7.11 Å². The minimum absolute atomic E-state index is 0.0171. The first-order valence-corrected chi connectivity index (χ1v) is 24.0. The van der Waals surface area contributed by atoms with Crippen molar-refractivity contribution >= 4 is 47.2 Å².